The van der Waals surface area contributed by atoms with E-state index in [1.165, 1.54) is 5.57 Å². The molecule has 1 aliphatic heterocycles. The minimum absolute atomic E-state index is 0.265. The topological polar surface area (TPSA) is 27.0 Å². The number of hydrogen-bond acceptors (Lipinski definition) is 2. The lowest BCUT2D eigenvalue weighted by Gasteiger charge is -2.33. The Morgan fingerprint density at radius 2 is 2.00 bits per heavy atom. The van der Waals surface area contributed by atoms with E-state index in [1.807, 2.05) is 12.1 Å². The fraction of sp³-hybridized carbons (Fsp3) is 0.438. The van der Waals surface area contributed by atoms with Gasteiger partial charge in [-0.05, 0) is 30.0 Å². The Morgan fingerprint density at radius 3 is 2.53 bits per heavy atom. The van der Waals surface area contributed by atoms with Gasteiger partial charge in [-0.3, -0.25) is 0 Å². The zero-order chi connectivity index (χ0) is 14.0. The Morgan fingerprint density at radius 1 is 1.26 bits per heavy atom. The number of benzene rings is 1. The number of rotatable bonds is 1. The van der Waals surface area contributed by atoms with Gasteiger partial charge in [0.15, 0.2) is 0 Å². The monoisotopic (exact) mass is 318 g/mol. The van der Waals surface area contributed by atoms with Crippen LogP contribution in [0, 0.1) is 16.7 Å². The van der Waals surface area contributed by atoms with E-state index >= 15 is 0 Å². The quantitative estimate of drug-likeness (QED) is 0.713. The van der Waals surface area contributed by atoms with Gasteiger partial charge in [-0.15, -0.1) is 0 Å². The summed E-state index contributed by atoms with van der Waals surface area (Å²) in [6.45, 7) is 8.74. The molecular weight excluding hydrogens is 300 g/mol. The summed E-state index contributed by atoms with van der Waals surface area (Å²) in [6.07, 6.45) is 3.42. The van der Waals surface area contributed by atoms with Crippen molar-refractivity contribution in [2.45, 2.75) is 27.2 Å². The maximum absolute atomic E-state index is 9.03. The summed E-state index contributed by atoms with van der Waals surface area (Å²) in [5, 5.41) is 9.03. The molecule has 0 N–H and O–H groups in total. The number of nitrogens with zero attached hydrogens (tertiary/aromatic N) is 2. The van der Waals surface area contributed by atoms with Gasteiger partial charge >= 0.3 is 0 Å². The van der Waals surface area contributed by atoms with Gasteiger partial charge in [0.1, 0.15) is 0 Å². The Bertz CT molecular complexity index is 547. The number of nitriles is 1. The molecule has 0 bridgehead atoms. The highest BCUT2D eigenvalue weighted by molar-refractivity contribution is 9.10. The van der Waals surface area contributed by atoms with Crippen LogP contribution < -0.4 is 4.90 Å². The van der Waals surface area contributed by atoms with Crippen LogP contribution in [0.5, 0.6) is 0 Å². The molecule has 0 spiro atoms. The lowest BCUT2D eigenvalue weighted by atomic mass is 9.83. The van der Waals surface area contributed by atoms with Crippen LogP contribution in [0.1, 0.15) is 32.8 Å². The molecule has 1 aliphatic rings. The molecule has 0 fully saturated rings. The number of anilines is 1. The molecule has 1 aromatic rings. The second-order valence-corrected chi connectivity index (χ2v) is 6.90. The highest BCUT2D eigenvalue weighted by Gasteiger charge is 2.21. The van der Waals surface area contributed by atoms with Gasteiger partial charge < -0.3 is 4.90 Å². The smallest absolute Gasteiger partial charge is 0.0992 e. The summed E-state index contributed by atoms with van der Waals surface area (Å²) in [7, 11) is 0. The third kappa shape index (κ3) is 3.39. The van der Waals surface area contributed by atoms with Crippen LogP contribution in [-0.2, 0) is 0 Å². The van der Waals surface area contributed by atoms with Crippen molar-refractivity contribution in [3.05, 3.63) is 39.9 Å². The molecule has 0 saturated heterocycles. The van der Waals surface area contributed by atoms with E-state index in [0.29, 0.717) is 5.56 Å². The van der Waals surface area contributed by atoms with E-state index in [0.717, 1.165) is 29.7 Å². The normalized spacial score (nSPS) is 15.9. The predicted octanol–water partition coefficient (Wildman–Crippen LogP) is 4.50. The highest BCUT2D eigenvalue weighted by atomic mass is 79.9. The third-order valence-corrected chi connectivity index (χ3v) is 4.01. The van der Waals surface area contributed by atoms with E-state index in [9.17, 15) is 0 Å². The Hall–Kier alpha value is -1.27. The van der Waals surface area contributed by atoms with Crippen LogP contribution in [0.15, 0.2) is 34.3 Å². The second-order valence-electron chi connectivity index (χ2n) is 5.99. The van der Waals surface area contributed by atoms with E-state index in [1.54, 1.807) is 0 Å². The van der Waals surface area contributed by atoms with Crippen LogP contribution in [0.25, 0.3) is 0 Å². The molecule has 0 aromatic heterocycles. The molecule has 2 rings (SSSR count). The molecule has 0 aliphatic carbocycles. The van der Waals surface area contributed by atoms with E-state index in [-0.39, 0.29) is 5.41 Å². The van der Waals surface area contributed by atoms with Gasteiger partial charge in [-0.2, -0.15) is 5.26 Å². The van der Waals surface area contributed by atoms with E-state index in [4.69, 9.17) is 5.26 Å². The lowest BCUT2D eigenvalue weighted by molar-refractivity contribution is 0.472. The van der Waals surface area contributed by atoms with Crippen molar-refractivity contribution < 1.29 is 0 Å². The average molecular weight is 319 g/mol. The minimum Gasteiger partial charge on any atom is -0.367 e. The fourth-order valence-corrected chi connectivity index (χ4v) is 2.89. The van der Waals surface area contributed by atoms with Gasteiger partial charge in [0.25, 0.3) is 0 Å². The molecule has 0 atom stereocenters. The van der Waals surface area contributed by atoms with Crippen molar-refractivity contribution in [3.63, 3.8) is 0 Å². The van der Waals surface area contributed by atoms with Crippen molar-refractivity contribution in [1.82, 2.24) is 0 Å². The summed E-state index contributed by atoms with van der Waals surface area (Å²) < 4.78 is 0.965. The molecule has 0 radical (unpaired) electrons. The first kappa shape index (κ1) is 14.1. The number of halogens is 1. The Labute approximate surface area is 123 Å². The summed E-state index contributed by atoms with van der Waals surface area (Å²) in [6, 6.07) is 8.10. The molecule has 0 unspecified atom stereocenters. The van der Waals surface area contributed by atoms with Crippen LogP contribution in [0.4, 0.5) is 5.69 Å². The molecule has 0 saturated carbocycles. The van der Waals surface area contributed by atoms with Crippen LogP contribution in [-0.4, -0.2) is 13.1 Å². The van der Waals surface area contributed by atoms with Crippen LogP contribution in [0.3, 0.4) is 0 Å². The van der Waals surface area contributed by atoms with Gasteiger partial charge in [-0.1, -0.05) is 48.4 Å². The van der Waals surface area contributed by atoms with Crippen molar-refractivity contribution in [3.8, 4) is 6.07 Å². The SMILES string of the molecule is CC(C)(C)C1=CCN(c2cc(Br)cc(C#N)c2)CC1. The molecule has 1 heterocycles. The first-order chi connectivity index (χ1) is 8.90. The maximum Gasteiger partial charge on any atom is 0.0992 e. The molecule has 100 valence electrons. The minimum atomic E-state index is 0.265. The maximum atomic E-state index is 9.03. The first-order valence-corrected chi connectivity index (χ1v) is 7.34. The van der Waals surface area contributed by atoms with Crippen molar-refractivity contribution in [1.29, 1.82) is 5.26 Å². The molecule has 0 amide bonds. The molecule has 1 aromatic carbocycles. The van der Waals surface area contributed by atoms with Crippen molar-refractivity contribution >= 4 is 21.6 Å². The number of hydrogen-bond donors (Lipinski definition) is 0. The van der Waals surface area contributed by atoms with Crippen molar-refractivity contribution in [2.24, 2.45) is 5.41 Å². The molecule has 19 heavy (non-hydrogen) atoms. The predicted molar refractivity (Wildman–Crippen MR) is 83.2 cm³/mol. The van der Waals surface area contributed by atoms with Crippen LogP contribution >= 0.6 is 15.9 Å². The summed E-state index contributed by atoms with van der Waals surface area (Å²) in [5.74, 6) is 0. The Kier molecular flexibility index (Phi) is 4.01. The molecular formula is C16H19BrN2. The zero-order valence-corrected chi connectivity index (χ0v) is 13.3. The van der Waals surface area contributed by atoms with E-state index < -0.39 is 0 Å². The Balaban J connectivity index is 2.21. The molecule has 2 nitrogen and oxygen atoms in total. The summed E-state index contributed by atoms with van der Waals surface area (Å²) in [5.41, 5.74) is 3.62. The summed E-state index contributed by atoms with van der Waals surface area (Å²) >= 11 is 3.47. The van der Waals surface area contributed by atoms with Gasteiger partial charge in [0, 0.05) is 23.2 Å². The largest absolute Gasteiger partial charge is 0.367 e. The van der Waals surface area contributed by atoms with E-state index in [2.05, 4.69) is 59.8 Å². The van der Waals surface area contributed by atoms with Crippen LogP contribution in [0.2, 0.25) is 0 Å². The standard InChI is InChI=1S/C16H19BrN2/c1-16(2,3)13-4-6-19(7-5-13)15-9-12(11-18)8-14(17)10-15/h4,8-10H,5-7H2,1-3H3. The van der Waals surface area contributed by atoms with Gasteiger partial charge in [-0.25, -0.2) is 0 Å². The van der Waals surface area contributed by atoms with Crippen molar-refractivity contribution in [2.75, 3.05) is 18.0 Å². The zero-order valence-electron chi connectivity index (χ0n) is 11.7. The highest BCUT2D eigenvalue weighted by Crippen LogP contribution is 2.32. The lowest BCUT2D eigenvalue weighted by Crippen LogP contribution is -2.31. The van der Waals surface area contributed by atoms with Gasteiger partial charge in [0.2, 0.25) is 0 Å². The third-order valence-electron chi connectivity index (χ3n) is 3.55. The second kappa shape index (κ2) is 5.38. The average Bonchev–Trinajstić information content (AvgIpc) is 2.37. The summed E-state index contributed by atoms with van der Waals surface area (Å²) in [4.78, 5) is 2.32. The molecule has 3 heteroatoms. The van der Waals surface area contributed by atoms with Gasteiger partial charge in [0.05, 0.1) is 11.6 Å². The fourth-order valence-electron chi connectivity index (χ4n) is 2.41. The first-order valence-electron chi connectivity index (χ1n) is 6.55.